The summed E-state index contributed by atoms with van der Waals surface area (Å²) in [5, 5.41) is 5.09. The topological polar surface area (TPSA) is 220 Å². The monoisotopic (exact) mass is 731 g/mol. The van der Waals surface area contributed by atoms with Gasteiger partial charge in [0, 0.05) is 23.5 Å². The summed E-state index contributed by atoms with van der Waals surface area (Å²) in [7, 11) is 0. The van der Waals surface area contributed by atoms with Crippen LogP contribution in [0.2, 0.25) is 0 Å². The lowest BCUT2D eigenvalue weighted by Crippen LogP contribution is -2.29. The zero-order valence-corrected chi connectivity index (χ0v) is 28.5. The molecule has 6 aromatic rings. The van der Waals surface area contributed by atoms with Gasteiger partial charge in [0.1, 0.15) is 11.5 Å². The zero-order valence-electron chi connectivity index (χ0n) is 28.5. The number of nitrogens with one attached hydrogen (secondary N) is 2. The molecule has 0 aliphatic carbocycles. The smallest absolute Gasteiger partial charge is 0.266 e. The van der Waals surface area contributed by atoms with Gasteiger partial charge in [-0.3, -0.25) is 39.4 Å². The minimum Gasteiger partial charge on any atom is -0.457 e. The Morgan fingerprint density at radius 2 is 0.927 bits per heavy atom. The number of anilines is 5. The summed E-state index contributed by atoms with van der Waals surface area (Å²) in [4.78, 5) is 96.8. The maximum absolute atomic E-state index is 13.4. The molecular formula is C39H25N9O7. The van der Waals surface area contributed by atoms with E-state index in [0.29, 0.717) is 17.2 Å². The Morgan fingerprint density at radius 1 is 0.545 bits per heavy atom. The Hall–Kier alpha value is -8.14. The van der Waals surface area contributed by atoms with Gasteiger partial charge in [-0.2, -0.15) is 0 Å². The Kier molecular flexibility index (Phi) is 8.30. The normalized spacial score (nSPS) is 13.1. The van der Waals surface area contributed by atoms with Crippen molar-refractivity contribution in [2.75, 3.05) is 26.2 Å². The van der Waals surface area contributed by atoms with Crippen molar-refractivity contribution in [3.05, 3.63) is 149 Å². The standard InChI is InChI=1S/C39H25N9O7/c1-20-16-41-38(42-17-20)45-32(49)21-2-12-28-30(14-21)36(53)47(34(28)51)24-4-8-26(9-5-24)55-27-10-6-25(7-11-27)48-35(52)29-13-3-22(15-31(29)37(48)54)33(50)46-39-43-18-23(40)19-44-39/h2-19H,40H2,1H3,(H,41,42,45,49)(H,43,44,46,50). The minimum atomic E-state index is -0.605. The number of fused-ring (bicyclic) bond motifs is 2. The van der Waals surface area contributed by atoms with Crippen molar-refractivity contribution >= 4 is 64.4 Å². The number of carbonyl (C=O) groups is 6. The van der Waals surface area contributed by atoms with Crippen LogP contribution in [0.15, 0.2) is 110 Å². The summed E-state index contributed by atoms with van der Waals surface area (Å²) in [6.45, 7) is 1.81. The van der Waals surface area contributed by atoms with E-state index in [1.165, 1.54) is 48.8 Å². The van der Waals surface area contributed by atoms with Crippen molar-refractivity contribution in [3.63, 3.8) is 0 Å². The molecule has 4 heterocycles. The summed E-state index contributed by atoms with van der Waals surface area (Å²) in [5.41, 5.74) is 8.03. The van der Waals surface area contributed by atoms with Crippen LogP contribution in [0.3, 0.4) is 0 Å². The van der Waals surface area contributed by atoms with E-state index in [0.717, 1.165) is 15.4 Å². The molecule has 0 radical (unpaired) electrons. The first-order valence-corrected chi connectivity index (χ1v) is 16.5. The number of rotatable bonds is 8. The number of benzene rings is 4. The third-order valence-electron chi connectivity index (χ3n) is 8.63. The van der Waals surface area contributed by atoms with Crippen LogP contribution in [0.1, 0.15) is 67.7 Å². The first-order valence-electron chi connectivity index (χ1n) is 16.5. The quantitative estimate of drug-likeness (QED) is 0.175. The van der Waals surface area contributed by atoms with Gasteiger partial charge in [0.2, 0.25) is 11.9 Å². The molecule has 0 bridgehead atoms. The summed E-state index contributed by atoms with van der Waals surface area (Å²) in [5.74, 6) is -2.52. The highest BCUT2D eigenvalue weighted by molar-refractivity contribution is 6.35. The van der Waals surface area contributed by atoms with Crippen LogP contribution in [0.25, 0.3) is 0 Å². The number of nitrogen functional groups attached to an aromatic ring is 1. The van der Waals surface area contributed by atoms with Crippen molar-refractivity contribution < 1.29 is 33.5 Å². The summed E-state index contributed by atoms with van der Waals surface area (Å²) >= 11 is 0. The van der Waals surface area contributed by atoms with Crippen molar-refractivity contribution in [1.29, 1.82) is 0 Å². The fourth-order valence-corrected chi connectivity index (χ4v) is 5.90. The van der Waals surface area contributed by atoms with Gasteiger partial charge in [-0.25, -0.2) is 29.7 Å². The molecule has 4 aromatic carbocycles. The number of aromatic nitrogens is 4. The van der Waals surface area contributed by atoms with E-state index in [9.17, 15) is 28.8 Å². The number of nitrogens with two attached hydrogens (primary N) is 1. The molecule has 0 unspecified atom stereocenters. The van der Waals surface area contributed by atoms with Gasteiger partial charge in [0.15, 0.2) is 0 Å². The predicted octanol–water partition coefficient (Wildman–Crippen LogP) is 5.06. The first kappa shape index (κ1) is 34.0. The van der Waals surface area contributed by atoms with Crippen molar-refractivity contribution in [3.8, 4) is 11.5 Å². The van der Waals surface area contributed by atoms with Crippen LogP contribution in [-0.4, -0.2) is 55.4 Å². The molecule has 0 saturated carbocycles. The van der Waals surface area contributed by atoms with E-state index in [1.54, 1.807) is 60.9 Å². The van der Waals surface area contributed by atoms with E-state index in [1.807, 2.05) is 6.92 Å². The highest BCUT2D eigenvalue weighted by Gasteiger charge is 2.38. The number of amides is 6. The lowest BCUT2D eigenvalue weighted by molar-refractivity contribution is 0.0910. The van der Waals surface area contributed by atoms with Crippen molar-refractivity contribution in [2.45, 2.75) is 6.92 Å². The van der Waals surface area contributed by atoms with Gasteiger partial charge in [0.25, 0.3) is 35.4 Å². The van der Waals surface area contributed by atoms with Gasteiger partial charge in [-0.05, 0) is 97.4 Å². The van der Waals surface area contributed by atoms with Gasteiger partial charge < -0.3 is 10.5 Å². The van der Waals surface area contributed by atoms with Gasteiger partial charge in [-0.15, -0.1) is 0 Å². The number of aryl methyl sites for hydroxylation is 1. The molecule has 2 aliphatic heterocycles. The Labute approximate surface area is 310 Å². The van der Waals surface area contributed by atoms with E-state index < -0.39 is 35.4 Å². The molecule has 16 heteroatoms. The Balaban J connectivity index is 0.918. The Bertz CT molecular complexity index is 2410. The third-order valence-corrected chi connectivity index (χ3v) is 8.63. The maximum atomic E-state index is 13.4. The molecular weight excluding hydrogens is 706 g/mol. The maximum Gasteiger partial charge on any atom is 0.266 e. The number of hydrogen-bond donors (Lipinski definition) is 3. The molecule has 8 rings (SSSR count). The molecule has 16 nitrogen and oxygen atoms in total. The molecule has 268 valence electrons. The van der Waals surface area contributed by atoms with E-state index in [2.05, 4.69) is 30.6 Å². The van der Waals surface area contributed by atoms with Crippen LogP contribution >= 0.6 is 0 Å². The largest absolute Gasteiger partial charge is 0.457 e. The highest BCUT2D eigenvalue weighted by Crippen LogP contribution is 2.34. The molecule has 4 N–H and O–H groups in total. The molecule has 6 amide bonds. The number of carbonyl (C=O) groups excluding carboxylic acids is 6. The lowest BCUT2D eigenvalue weighted by atomic mass is 10.1. The summed E-state index contributed by atoms with van der Waals surface area (Å²) in [6.07, 6.45) is 5.79. The Morgan fingerprint density at radius 3 is 1.35 bits per heavy atom. The second kappa shape index (κ2) is 13.4. The van der Waals surface area contributed by atoms with Crippen LogP contribution < -0.4 is 30.9 Å². The second-order valence-electron chi connectivity index (χ2n) is 12.3. The van der Waals surface area contributed by atoms with E-state index in [-0.39, 0.29) is 56.7 Å². The van der Waals surface area contributed by atoms with Crippen LogP contribution in [0, 0.1) is 6.92 Å². The van der Waals surface area contributed by atoms with Crippen molar-refractivity contribution in [2.24, 2.45) is 0 Å². The zero-order chi connectivity index (χ0) is 38.4. The van der Waals surface area contributed by atoms with Gasteiger partial charge in [0.05, 0.1) is 51.7 Å². The molecule has 0 saturated heterocycles. The number of ether oxygens (including phenoxy) is 1. The van der Waals surface area contributed by atoms with Crippen LogP contribution in [0.5, 0.6) is 11.5 Å². The number of hydrogen-bond acceptors (Lipinski definition) is 12. The second-order valence-corrected chi connectivity index (χ2v) is 12.3. The highest BCUT2D eigenvalue weighted by atomic mass is 16.5. The molecule has 0 spiro atoms. The third kappa shape index (κ3) is 6.35. The molecule has 2 aromatic heterocycles. The lowest BCUT2D eigenvalue weighted by Gasteiger charge is -2.16. The molecule has 55 heavy (non-hydrogen) atoms. The fraction of sp³-hybridized carbons (Fsp3) is 0.0256. The van der Waals surface area contributed by atoms with E-state index >= 15 is 0 Å². The van der Waals surface area contributed by atoms with Crippen LogP contribution in [-0.2, 0) is 0 Å². The predicted molar refractivity (Wildman–Crippen MR) is 197 cm³/mol. The first-order chi connectivity index (χ1) is 26.5. The average molecular weight is 732 g/mol. The summed E-state index contributed by atoms with van der Waals surface area (Å²) < 4.78 is 5.95. The SMILES string of the molecule is Cc1cnc(NC(=O)c2ccc3c(c2)C(=O)N(c2ccc(Oc4ccc(N5C(=O)c6ccc(C(=O)Nc7ncc(N)cn7)cc6C5=O)cc4)cc2)C3=O)nc1. The number of nitrogens with zero attached hydrogens (tertiary/aromatic N) is 6. The van der Waals surface area contributed by atoms with Crippen LogP contribution in [0.4, 0.5) is 29.0 Å². The van der Waals surface area contributed by atoms with Crippen molar-refractivity contribution in [1.82, 2.24) is 19.9 Å². The average Bonchev–Trinajstić information content (AvgIpc) is 3.60. The summed E-state index contributed by atoms with van der Waals surface area (Å²) in [6, 6.07) is 20.9. The molecule has 0 fully saturated rings. The van der Waals surface area contributed by atoms with Gasteiger partial charge in [-0.1, -0.05) is 0 Å². The minimum absolute atomic E-state index is 0.0262. The van der Waals surface area contributed by atoms with E-state index in [4.69, 9.17) is 10.5 Å². The molecule has 0 atom stereocenters. The molecule has 2 aliphatic rings. The fourth-order valence-electron chi connectivity index (χ4n) is 5.90. The van der Waals surface area contributed by atoms with Gasteiger partial charge >= 0.3 is 0 Å². The number of imide groups is 2.